The number of nitrogens with two attached hydrogens (primary N) is 1. The molecule has 108 valence electrons. The van der Waals surface area contributed by atoms with Crippen LogP contribution in [0.15, 0.2) is 24.3 Å². The number of rotatable bonds is 3. The van der Waals surface area contributed by atoms with Crippen LogP contribution in [0.4, 0.5) is 5.69 Å². The molecule has 3 rings (SSSR count). The zero-order valence-electron chi connectivity index (χ0n) is 11.4. The molecule has 20 heavy (non-hydrogen) atoms. The molecule has 0 aromatic heterocycles. The van der Waals surface area contributed by atoms with E-state index in [0.717, 1.165) is 37.3 Å². The highest BCUT2D eigenvalue weighted by atomic mass is 32.2. The highest BCUT2D eigenvalue weighted by Crippen LogP contribution is 2.38. The molecule has 2 saturated heterocycles. The van der Waals surface area contributed by atoms with Crippen LogP contribution in [0.3, 0.4) is 0 Å². The molecule has 1 aromatic carbocycles. The SMILES string of the molecule is NC(=O)c1cccc(NC2CCOC3(CCSC3)C2)c1. The summed E-state index contributed by atoms with van der Waals surface area (Å²) in [5.74, 6) is 1.92. The van der Waals surface area contributed by atoms with E-state index in [1.165, 1.54) is 5.75 Å². The minimum absolute atomic E-state index is 0.0713. The molecule has 0 radical (unpaired) electrons. The van der Waals surface area contributed by atoms with Crippen molar-refractivity contribution in [2.24, 2.45) is 5.73 Å². The average Bonchev–Trinajstić information content (AvgIpc) is 2.87. The second kappa shape index (κ2) is 5.66. The largest absolute Gasteiger partial charge is 0.382 e. The van der Waals surface area contributed by atoms with Crippen molar-refractivity contribution in [3.63, 3.8) is 0 Å². The van der Waals surface area contributed by atoms with E-state index in [4.69, 9.17) is 10.5 Å². The van der Waals surface area contributed by atoms with Crippen LogP contribution in [0, 0.1) is 0 Å². The van der Waals surface area contributed by atoms with Crippen molar-refractivity contribution < 1.29 is 9.53 Å². The van der Waals surface area contributed by atoms with E-state index < -0.39 is 0 Å². The second-order valence-corrected chi connectivity index (χ2v) is 6.72. The van der Waals surface area contributed by atoms with Gasteiger partial charge >= 0.3 is 0 Å². The van der Waals surface area contributed by atoms with E-state index in [2.05, 4.69) is 5.32 Å². The van der Waals surface area contributed by atoms with Crippen LogP contribution in [0.2, 0.25) is 0 Å². The number of carbonyl (C=O) groups is 1. The summed E-state index contributed by atoms with van der Waals surface area (Å²) >= 11 is 1.98. The third-order valence-corrected chi connectivity index (χ3v) is 5.30. The number of thioether (sulfide) groups is 1. The van der Waals surface area contributed by atoms with Crippen LogP contribution in [0.25, 0.3) is 0 Å². The van der Waals surface area contributed by atoms with Crippen LogP contribution in [-0.2, 0) is 4.74 Å². The first-order chi connectivity index (χ1) is 9.67. The Labute approximate surface area is 123 Å². The molecule has 2 unspecified atom stereocenters. The molecule has 1 amide bonds. The molecule has 0 bridgehead atoms. The monoisotopic (exact) mass is 292 g/mol. The number of nitrogens with one attached hydrogen (secondary N) is 1. The predicted molar refractivity (Wildman–Crippen MR) is 82.2 cm³/mol. The number of ether oxygens (including phenoxy) is 1. The van der Waals surface area contributed by atoms with Gasteiger partial charge in [0.1, 0.15) is 0 Å². The van der Waals surface area contributed by atoms with Gasteiger partial charge in [0.15, 0.2) is 0 Å². The Morgan fingerprint density at radius 2 is 2.40 bits per heavy atom. The molecule has 2 fully saturated rings. The fraction of sp³-hybridized carbons (Fsp3) is 0.533. The third-order valence-electron chi connectivity index (χ3n) is 4.08. The quantitative estimate of drug-likeness (QED) is 0.897. The molecule has 2 atom stereocenters. The van der Waals surface area contributed by atoms with Crippen LogP contribution in [-0.4, -0.2) is 35.7 Å². The van der Waals surface area contributed by atoms with Crippen molar-refractivity contribution in [2.45, 2.75) is 30.9 Å². The van der Waals surface area contributed by atoms with E-state index in [1.807, 2.05) is 30.0 Å². The Bertz CT molecular complexity index is 500. The molecule has 5 heteroatoms. The molecular formula is C15H20N2O2S. The lowest BCUT2D eigenvalue weighted by Gasteiger charge is -2.38. The fourth-order valence-corrected chi connectivity index (χ4v) is 4.39. The third kappa shape index (κ3) is 2.94. The maximum absolute atomic E-state index is 11.2. The van der Waals surface area contributed by atoms with Crippen molar-refractivity contribution >= 4 is 23.4 Å². The molecule has 0 saturated carbocycles. The van der Waals surface area contributed by atoms with Crippen LogP contribution in [0.1, 0.15) is 29.6 Å². The number of hydrogen-bond acceptors (Lipinski definition) is 4. The van der Waals surface area contributed by atoms with E-state index >= 15 is 0 Å². The molecule has 2 heterocycles. The van der Waals surface area contributed by atoms with Crippen molar-refractivity contribution in [2.75, 3.05) is 23.4 Å². The van der Waals surface area contributed by atoms with Gasteiger partial charge < -0.3 is 15.8 Å². The highest BCUT2D eigenvalue weighted by molar-refractivity contribution is 7.99. The number of amides is 1. The molecule has 1 aromatic rings. The smallest absolute Gasteiger partial charge is 0.248 e. The van der Waals surface area contributed by atoms with Gasteiger partial charge in [-0.15, -0.1) is 0 Å². The molecule has 1 spiro atoms. The summed E-state index contributed by atoms with van der Waals surface area (Å²) < 4.78 is 6.02. The Kier molecular flexibility index (Phi) is 3.89. The van der Waals surface area contributed by atoms with Crippen LogP contribution >= 0.6 is 11.8 Å². The first-order valence-corrected chi connectivity index (χ1v) is 8.20. The summed E-state index contributed by atoms with van der Waals surface area (Å²) in [6.07, 6.45) is 3.20. The zero-order chi connectivity index (χ0) is 14.0. The predicted octanol–water partition coefficient (Wildman–Crippen LogP) is 2.25. The van der Waals surface area contributed by atoms with E-state index in [0.29, 0.717) is 11.6 Å². The average molecular weight is 292 g/mol. The van der Waals surface area contributed by atoms with Crippen molar-refractivity contribution in [1.29, 1.82) is 0 Å². The number of carbonyl (C=O) groups excluding carboxylic acids is 1. The van der Waals surface area contributed by atoms with Crippen molar-refractivity contribution in [1.82, 2.24) is 0 Å². The first-order valence-electron chi connectivity index (χ1n) is 7.05. The summed E-state index contributed by atoms with van der Waals surface area (Å²) in [4.78, 5) is 11.2. The normalized spacial score (nSPS) is 29.5. The molecule has 3 N–H and O–H groups in total. The molecule has 2 aliphatic rings. The van der Waals surface area contributed by atoms with Gasteiger partial charge in [0, 0.05) is 29.7 Å². The number of anilines is 1. The summed E-state index contributed by atoms with van der Waals surface area (Å²) in [5, 5.41) is 3.53. The Balaban J connectivity index is 1.68. The summed E-state index contributed by atoms with van der Waals surface area (Å²) in [7, 11) is 0. The van der Waals surface area contributed by atoms with Crippen LogP contribution < -0.4 is 11.1 Å². The van der Waals surface area contributed by atoms with E-state index in [-0.39, 0.29) is 11.5 Å². The minimum atomic E-state index is -0.385. The van der Waals surface area contributed by atoms with Gasteiger partial charge in [0.05, 0.1) is 5.60 Å². The van der Waals surface area contributed by atoms with Gasteiger partial charge in [-0.1, -0.05) is 6.07 Å². The minimum Gasteiger partial charge on any atom is -0.382 e. The Morgan fingerprint density at radius 3 is 3.15 bits per heavy atom. The van der Waals surface area contributed by atoms with Crippen molar-refractivity contribution in [3.8, 4) is 0 Å². The van der Waals surface area contributed by atoms with E-state index in [1.54, 1.807) is 6.07 Å². The van der Waals surface area contributed by atoms with Gasteiger partial charge in [-0.2, -0.15) is 11.8 Å². The van der Waals surface area contributed by atoms with Gasteiger partial charge in [-0.25, -0.2) is 0 Å². The van der Waals surface area contributed by atoms with Crippen LogP contribution in [0.5, 0.6) is 0 Å². The van der Waals surface area contributed by atoms with Gasteiger partial charge in [0.25, 0.3) is 0 Å². The van der Waals surface area contributed by atoms with Crippen molar-refractivity contribution in [3.05, 3.63) is 29.8 Å². The number of benzene rings is 1. The highest BCUT2D eigenvalue weighted by Gasteiger charge is 2.40. The lowest BCUT2D eigenvalue weighted by molar-refractivity contribution is -0.0628. The second-order valence-electron chi connectivity index (χ2n) is 5.61. The molecular weight excluding hydrogens is 272 g/mol. The summed E-state index contributed by atoms with van der Waals surface area (Å²) in [6.45, 7) is 0.813. The lowest BCUT2D eigenvalue weighted by Crippen LogP contribution is -2.44. The molecule has 0 aliphatic carbocycles. The van der Waals surface area contributed by atoms with Gasteiger partial charge in [0.2, 0.25) is 5.91 Å². The standard InChI is InChI=1S/C15H20N2O2S/c16-14(18)11-2-1-3-12(8-11)17-13-4-6-19-15(9-13)5-7-20-10-15/h1-3,8,13,17H,4-7,9-10H2,(H2,16,18). The maximum Gasteiger partial charge on any atom is 0.248 e. The maximum atomic E-state index is 11.2. The Morgan fingerprint density at radius 1 is 1.50 bits per heavy atom. The molecule has 2 aliphatic heterocycles. The van der Waals surface area contributed by atoms with Gasteiger partial charge in [-0.3, -0.25) is 4.79 Å². The zero-order valence-corrected chi connectivity index (χ0v) is 12.2. The molecule has 4 nitrogen and oxygen atoms in total. The lowest BCUT2D eigenvalue weighted by atomic mass is 9.89. The first kappa shape index (κ1) is 13.8. The number of primary amides is 1. The van der Waals surface area contributed by atoms with E-state index in [9.17, 15) is 4.79 Å². The topological polar surface area (TPSA) is 64.4 Å². The number of hydrogen-bond donors (Lipinski definition) is 2. The Hall–Kier alpha value is -1.20. The fourth-order valence-electron chi connectivity index (χ4n) is 3.01. The summed E-state index contributed by atoms with van der Waals surface area (Å²) in [6, 6.07) is 7.83. The summed E-state index contributed by atoms with van der Waals surface area (Å²) in [5.41, 5.74) is 6.91. The van der Waals surface area contributed by atoms with Gasteiger partial charge in [-0.05, 0) is 43.2 Å².